The highest BCUT2D eigenvalue weighted by molar-refractivity contribution is 5.76. The molecule has 0 aliphatic carbocycles. The highest BCUT2D eigenvalue weighted by Crippen LogP contribution is 2.12. The van der Waals surface area contributed by atoms with Crippen LogP contribution < -0.4 is 0 Å². The van der Waals surface area contributed by atoms with Crippen molar-refractivity contribution >= 4 is 5.91 Å². The number of nitrogens with zero attached hydrogens (tertiary/aromatic N) is 3. The fraction of sp³-hybridized carbons (Fsp3) is 0.474. The molecule has 1 aromatic heterocycles. The minimum atomic E-state index is 0.0242. The van der Waals surface area contributed by atoms with E-state index in [1.54, 1.807) is 0 Å². The lowest BCUT2D eigenvalue weighted by Gasteiger charge is -2.33. The predicted octanol–water partition coefficient (Wildman–Crippen LogP) is 2.44. The molecule has 1 saturated heterocycles. The third-order valence-corrected chi connectivity index (χ3v) is 4.34. The molecule has 2 aromatic rings. The van der Waals surface area contributed by atoms with Crippen LogP contribution in [0.2, 0.25) is 0 Å². The molecule has 0 bridgehead atoms. The van der Waals surface area contributed by atoms with E-state index >= 15 is 0 Å². The Morgan fingerprint density at radius 3 is 2.92 bits per heavy atom. The molecule has 1 fully saturated rings. The van der Waals surface area contributed by atoms with Gasteiger partial charge in [0, 0.05) is 25.7 Å². The third-order valence-electron chi connectivity index (χ3n) is 4.34. The Bertz CT molecular complexity index is 654. The molecule has 0 N–H and O–H groups in total. The number of rotatable bonds is 6. The number of hydrogen-bond donors (Lipinski definition) is 0. The van der Waals surface area contributed by atoms with E-state index < -0.39 is 0 Å². The highest BCUT2D eigenvalue weighted by atomic mass is 16.5. The minimum absolute atomic E-state index is 0.0242. The number of aryl methyl sites for hydroxylation is 2. The fourth-order valence-corrected chi connectivity index (χ4v) is 3.08. The van der Waals surface area contributed by atoms with E-state index in [0.29, 0.717) is 32.7 Å². The number of amides is 1. The summed E-state index contributed by atoms with van der Waals surface area (Å²) < 4.78 is 7.68. The van der Waals surface area contributed by atoms with E-state index in [9.17, 15) is 4.79 Å². The van der Waals surface area contributed by atoms with Gasteiger partial charge in [-0.3, -0.25) is 9.48 Å². The maximum Gasteiger partial charge on any atom is 0.222 e. The van der Waals surface area contributed by atoms with Gasteiger partial charge in [0.15, 0.2) is 0 Å². The van der Waals surface area contributed by atoms with Gasteiger partial charge in [0.05, 0.1) is 25.5 Å². The SMILES string of the molecule is Cc1cnn(CC2CN(C(=O)CCCc3ccccc3)CCO2)c1. The summed E-state index contributed by atoms with van der Waals surface area (Å²) in [5.41, 5.74) is 2.43. The second-order valence-corrected chi connectivity index (χ2v) is 6.41. The van der Waals surface area contributed by atoms with Crippen molar-refractivity contribution in [3.05, 3.63) is 53.9 Å². The topological polar surface area (TPSA) is 47.4 Å². The molecule has 1 aliphatic rings. The first-order valence-electron chi connectivity index (χ1n) is 8.63. The fourth-order valence-electron chi connectivity index (χ4n) is 3.08. The van der Waals surface area contributed by atoms with Crippen LogP contribution in [0.15, 0.2) is 42.7 Å². The van der Waals surface area contributed by atoms with Gasteiger partial charge in [-0.05, 0) is 30.9 Å². The molecular weight excluding hydrogens is 302 g/mol. The zero-order valence-electron chi connectivity index (χ0n) is 14.2. The molecule has 1 unspecified atom stereocenters. The summed E-state index contributed by atoms with van der Waals surface area (Å²) in [5.74, 6) is 0.232. The Hall–Kier alpha value is -2.14. The second-order valence-electron chi connectivity index (χ2n) is 6.41. The van der Waals surface area contributed by atoms with E-state index in [4.69, 9.17) is 4.74 Å². The molecule has 3 rings (SSSR count). The standard InChI is InChI=1S/C19H25N3O2/c1-16-12-20-22(13-16)15-18-14-21(10-11-24-18)19(23)9-5-8-17-6-3-2-4-7-17/h2-4,6-7,12-13,18H,5,8-11,14-15H2,1H3. The molecule has 24 heavy (non-hydrogen) atoms. The van der Waals surface area contributed by atoms with Crippen molar-refractivity contribution in [2.24, 2.45) is 0 Å². The maximum absolute atomic E-state index is 12.4. The van der Waals surface area contributed by atoms with E-state index in [1.807, 2.05) is 47.1 Å². The van der Waals surface area contributed by atoms with E-state index in [0.717, 1.165) is 18.4 Å². The lowest BCUT2D eigenvalue weighted by atomic mass is 10.1. The van der Waals surface area contributed by atoms with Gasteiger partial charge in [0.25, 0.3) is 0 Å². The molecular formula is C19H25N3O2. The van der Waals surface area contributed by atoms with Crippen LogP contribution in [0.25, 0.3) is 0 Å². The zero-order chi connectivity index (χ0) is 16.8. The van der Waals surface area contributed by atoms with E-state index in [1.165, 1.54) is 5.56 Å². The summed E-state index contributed by atoms with van der Waals surface area (Å²) in [6.07, 6.45) is 6.31. The van der Waals surface area contributed by atoms with Gasteiger partial charge in [0.2, 0.25) is 5.91 Å². The third kappa shape index (κ3) is 4.68. The first-order valence-corrected chi connectivity index (χ1v) is 8.63. The number of hydrogen-bond acceptors (Lipinski definition) is 3. The first-order chi connectivity index (χ1) is 11.7. The molecule has 5 nitrogen and oxygen atoms in total. The zero-order valence-corrected chi connectivity index (χ0v) is 14.2. The second kappa shape index (κ2) is 8.11. The molecule has 1 aromatic carbocycles. The largest absolute Gasteiger partial charge is 0.373 e. The van der Waals surface area contributed by atoms with Gasteiger partial charge in [-0.2, -0.15) is 5.10 Å². The maximum atomic E-state index is 12.4. The van der Waals surface area contributed by atoms with Gasteiger partial charge >= 0.3 is 0 Å². The van der Waals surface area contributed by atoms with Crippen molar-refractivity contribution in [3.63, 3.8) is 0 Å². The summed E-state index contributed by atoms with van der Waals surface area (Å²) in [6, 6.07) is 10.3. The van der Waals surface area contributed by atoms with Crippen LogP contribution in [0.1, 0.15) is 24.0 Å². The summed E-state index contributed by atoms with van der Waals surface area (Å²) in [6.45, 7) is 4.67. The summed E-state index contributed by atoms with van der Waals surface area (Å²) in [7, 11) is 0. The van der Waals surface area contributed by atoms with Crippen LogP contribution in [0, 0.1) is 6.92 Å². The Morgan fingerprint density at radius 1 is 1.33 bits per heavy atom. The molecule has 1 atom stereocenters. The number of benzene rings is 1. The van der Waals surface area contributed by atoms with E-state index in [-0.39, 0.29) is 12.0 Å². The molecule has 5 heteroatoms. The number of aromatic nitrogens is 2. The Morgan fingerprint density at radius 2 is 2.17 bits per heavy atom. The first kappa shape index (κ1) is 16.7. The summed E-state index contributed by atoms with van der Waals surface area (Å²) >= 11 is 0. The summed E-state index contributed by atoms with van der Waals surface area (Å²) in [4.78, 5) is 14.4. The molecule has 0 saturated carbocycles. The van der Waals surface area contributed by atoms with Crippen LogP contribution in [-0.4, -0.2) is 46.4 Å². The van der Waals surface area contributed by atoms with Gasteiger partial charge in [-0.25, -0.2) is 0 Å². The van der Waals surface area contributed by atoms with Gasteiger partial charge in [-0.15, -0.1) is 0 Å². The van der Waals surface area contributed by atoms with Crippen LogP contribution in [0.4, 0.5) is 0 Å². The number of carbonyl (C=O) groups is 1. The van der Waals surface area contributed by atoms with Crippen LogP contribution in [0.5, 0.6) is 0 Å². The lowest BCUT2D eigenvalue weighted by molar-refractivity contribution is -0.139. The van der Waals surface area contributed by atoms with Crippen molar-refractivity contribution < 1.29 is 9.53 Å². The Labute approximate surface area is 143 Å². The molecule has 2 heterocycles. The van der Waals surface area contributed by atoms with Crippen LogP contribution in [-0.2, 0) is 22.5 Å². The smallest absolute Gasteiger partial charge is 0.222 e. The average Bonchev–Trinajstić information content (AvgIpc) is 3.01. The Balaban J connectivity index is 1.44. The molecule has 1 aliphatic heterocycles. The van der Waals surface area contributed by atoms with Gasteiger partial charge in [0.1, 0.15) is 0 Å². The quantitative estimate of drug-likeness (QED) is 0.819. The van der Waals surface area contributed by atoms with Crippen molar-refractivity contribution in [2.45, 2.75) is 38.8 Å². The highest BCUT2D eigenvalue weighted by Gasteiger charge is 2.24. The number of carbonyl (C=O) groups excluding carboxylic acids is 1. The van der Waals surface area contributed by atoms with Crippen LogP contribution in [0.3, 0.4) is 0 Å². The van der Waals surface area contributed by atoms with E-state index in [2.05, 4.69) is 17.2 Å². The van der Waals surface area contributed by atoms with Crippen molar-refractivity contribution in [3.8, 4) is 0 Å². The normalized spacial score (nSPS) is 17.9. The molecule has 1 amide bonds. The van der Waals surface area contributed by atoms with Gasteiger partial charge in [-0.1, -0.05) is 30.3 Å². The summed E-state index contributed by atoms with van der Waals surface area (Å²) in [5, 5.41) is 4.30. The van der Waals surface area contributed by atoms with Crippen molar-refractivity contribution in [1.82, 2.24) is 14.7 Å². The van der Waals surface area contributed by atoms with Gasteiger partial charge < -0.3 is 9.64 Å². The minimum Gasteiger partial charge on any atom is -0.373 e. The molecule has 0 radical (unpaired) electrons. The number of morpholine rings is 1. The molecule has 0 spiro atoms. The van der Waals surface area contributed by atoms with Crippen LogP contribution >= 0.6 is 0 Å². The average molecular weight is 327 g/mol. The van der Waals surface area contributed by atoms with Crippen molar-refractivity contribution in [2.75, 3.05) is 19.7 Å². The lowest BCUT2D eigenvalue weighted by Crippen LogP contribution is -2.47. The predicted molar refractivity (Wildman–Crippen MR) is 92.7 cm³/mol. The monoisotopic (exact) mass is 327 g/mol. The number of ether oxygens (including phenoxy) is 1. The molecule has 128 valence electrons. The Kier molecular flexibility index (Phi) is 5.64. The van der Waals surface area contributed by atoms with Crippen molar-refractivity contribution in [1.29, 1.82) is 0 Å².